The Hall–Kier alpha value is -2.80. The van der Waals surface area contributed by atoms with E-state index in [4.69, 9.17) is 11.6 Å². The molecule has 0 unspecified atom stereocenters. The molecule has 1 amide bonds. The van der Waals surface area contributed by atoms with Gasteiger partial charge in [0.1, 0.15) is 5.82 Å². The van der Waals surface area contributed by atoms with Gasteiger partial charge in [-0.2, -0.15) is 4.68 Å². The van der Waals surface area contributed by atoms with Gasteiger partial charge in [0.05, 0.1) is 18.7 Å². The van der Waals surface area contributed by atoms with Gasteiger partial charge in [-0.25, -0.2) is 4.39 Å². The Labute approximate surface area is 142 Å². The first kappa shape index (κ1) is 16.1. The number of aromatic nitrogens is 4. The van der Waals surface area contributed by atoms with Crippen LogP contribution in [0.2, 0.25) is 5.02 Å². The highest BCUT2D eigenvalue weighted by atomic mass is 35.5. The molecule has 0 radical (unpaired) electrons. The molecule has 0 aliphatic heterocycles. The molecule has 2 aromatic carbocycles. The molecule has 0 spiro atoms. The van der Waals surface area contributed by atoms with Crippen molar-refractivity contribution in [2.24, 2.45) is 0 Å². The Morgan fingerprint density at radius 1 is 1.12 bits per heavy atom. The van der Waals surface area contributed by atoms with Gasteiger partial charge in [-0.1, -0.05) is 23.7 Å². The number of carbonyl (C=O) groups is 1. The maximum atomic E-state index is 13.0. The second-order valence-electron chi connectivity index (χ2n) is 5.06. The minimum absolute atomic E-state index is 0.161. The summed E-state index contributed by atoms with van der Waals surface area (Å²) in [6, 6.07) is 12.8. The number of amides is 1. The van der Waals surface area contributed by atoms with Crippen molar-refractivity contribution >= 4 is 17.5 Å². The first-order valence-electron chi connectivity index (χ1n) is 7.16. The molecule has 0 saturated carbocycles. The zero-order chi connectivity index (χ0) is 16.9. The van der Waals surface area contributed by atoms with Crippen molar-refractivity contribution < 1.29 is 9.18 Å². The molecule has 0 saturated heterocycles. The smallest absolute Gasteiger partial charge is 0.224 e. The zero-order valence-corrected chi connectivity index (χ0v) is 13.2. The monoisotopic (exact) mass is 345 g/mol. The second kappa shape index (κ2) is 7.18. The molecule has 1 aromatic heterocycles. The molecule has 0 atom stereocenters. The molecule has 1 N–H and O–H groups in total. The number of hydrogen-bond acceptors (Lipinski definition) is 4. The predicted octanol–water partition coefficient (Wildman–Crippen LogP) is 2.31. The number of nitrogens with zero attached hydrogens (tertiary/aromatic N) is 4. The van der Waals surface area contributed by atoms with Crippen molar-refractivity contribution in [1.29, 1.82) is 0 Å². The highest BCUT2D eigenvalue weighted by Crippen LogP contribution is 2.11. The van der Waals surface area contributed by atoms with Crippen molar-refractivity contribution in [3.05, 3.63) is 70.8 Å². The molecule has 24 heavy (non-hydrogen) atoms. The lowest BCUT2D eigenvalue weighted by Crippen LogP contribution is -2.26. The third-order valence-electron chi connectivity index (χ3n) is 3.33. The highest BCUT2D eigenvalue weighted by molar-refractivity contribution is 6.30. The van der Waals surface area contributed by atoms with E-state index < -0.39 is 0 Å². The van der Waals surface area contributed by atoms with Gasteiger partial charge in [-0.15, -0.1) is 5.10 Å². The minimum atomic E-state index is -0.343. The Bertz CT molecular complexity index is 832. The fraction of sp³-hybridized carbons (Fsp3) is 0.125. The first-order chi connectivity index (χ1) is 11.6. The minimum Gasteiger partial charge on any atom is -0.348 e. The average molecular weight is 346 g/mol. The fourth-order valence-corrected chi connectivity index (χ4v) is 2.25. The largest absolute Gasteiger partial charge is 0.348 e. The van der Waals surface area contributed by atoms with Crippen molar-refractivity contribution in [1.82, 2.24) is 25.5 Å². The Kier molecular flexibility index (Phi) is 4.81. The van der Waals surface area contributed by atoms with E-state index in [2.05, 4.69) is 20.8 Å². The summed E-state index contributed by atoms with van der Waals surface area (Å²) in [6.07, 6.45) is 0.231. The standard InChI is InChI=1S/C16H13ClFN5O/c17-12-3-1-11(2-4-12)9-16(24)19-10-15-20-21-22-23(15)14-7-5-13(18)6-8-14/h1-8H,9-10H2,(H,19,24). The van der Waals surface area contributed by atoms with E-state index in [1.54, 1.807) is 36.4 Å². The molecule has 0 bridgehead atoms. The molecule has 122 valence electrons. The molecular formula is C16H13ClFN5O. The van der Waals surface area contributed by atoms with E-state index in [0.717, 1.165) is 5.56 Å². The number of nitrogens with one attached hydrogen (secondary N) is 1. The number of benzene rings is 2. The van der Waals surface area contributed by atoms with Gasteiger partial charge in [0.15, 0.2) is 5.82 Å². The number of rotatable bonds is 5. The van der Waals surface area contributed by atoms with E-state index in [1.807, 2.05) is 0 Å². The zero-order valence-electron chi connectivity index (χ0n) is 12.5. The summed E-state index contributed by atoms with van der Waals surface area (Å²) < 4.78 is 14.4. The molecule has 3 aromatic rings. The summed E-state index contributed by atoms with van der Waals surface area (Å²) in [4.78, 5) is 12.0. The summed E-state index contributed by atoms with van der Waals surface area (Å²) in [5.74, 6) is -0.0540. The molecule has 1 heterocycles. The Morgan fingerprint density at radius 2 is 1.83 bits per heavy atom. The lowest BCUT2D eigenvalue weighted by atomic mass is 10.1. The molecule has 0 aliphatic carbocycles. The third-order valence-corrected chi connectivity index (χ3v) is 3.58. The van der Waals surface area contributed by atoms with Crippen molar-refractivity contribution in [2.45, 2.75) is 13.0 Å². The lowest BCUT2D eigenvalue weighted by molar-refractivity contribution is -0.120. The van der Waals surface area contributed by atoms with E-state index in [-0.39, 0.29) is 24.7 Å². The summed E-state index contributed by atoms with van der Waals surface area (Å²) in [7, 11) is 0. The molecule has 3 rings (SSSR count). The van der Waals surface area contributed by atoms with Gasteiger partial charge in [-0.3, -0.25) is 4.79 Å². The number of tetrazole rings is 1. The SMILES string of the molecule is O=C(Cc1ccc(Cl)cc1)NCc1nnnn1-c1ccc(F)cc1. The van der Waals surface area contributed by atoms with E-state index >= 15 is 0 Å². The van der Waals surface area contributed by atoms with E-state index in [1.165, 1.54) is 16.8 Å². The summed E-state index contributed by atoms with van der Waals surface area (Å²) in [5.41, 5.74) is 1.47. The fourth-order valence-electron chi connectivity index (χ4n) is 2.13. The number of carbonyl (C=O) groups excluding carboxylic acids is 1. The van der Waals surface area contributed by atoms with Crippen molar-refractivity contribution in [3.8, 4) is 5.69 Å². The van der Waals surface area contributed by atoms with Crippen LogP contribution in [0.5, 0.6) is 0 Å². The second-order valence-corrected chi connectivity index (χ2v) is 5.50. The van der Waals surface area contributed by atoms with Crippen LogP contribution in [-0.4, -0.2) is 26.1 Å². The normalized spacial score (nSPS) is 10.6. The Balaban J connectivity index is 1.63. The van der Waals surface area contributed by atoms with Crippen molar-refractivity contribution in [3.63, 3.8) is 0 Å². The summed E-state index contributed by atoms with van der Waals surface area (Å²) in [6.45, 7) is 0.163. The molecule has 0 aliphatic rings. The van der Waals surface area contributed by atoms with Gasteiger partial charge < -0.3 is 5.32 Å². The van der Waals surface area contributed by atoms with Crippen LogP contribution in [0.1, 0.15) is 11.4 Å². The number of hydrogen-bond donors (Lipinski definition) is 1. The van der Waals surface area contributed by atoms with E-state index in [0.29, 0.717) is 16.5 Å². The van der Waals surface area contributed by atoms with Gasteiger partial charge in [0, 0.05) is 5.02 Å². The summed E-state index contributed by atoms with van der Waals surface area (Å²) in [5, 5.41) is 14.7. The highest BCUT2D eigenvalue weighted by Gasteiger charge is 2.10. The Morgan fingerprint density at radius 3 is 2.54 bits per heavy atom. The van der Waals surface area contributed by atoms with Crippen LogP contribution in [-0.2, 0) is 17.8 Å². The van der Waals surface area contributed by atoms with Crippen LogP contribution in [0, 0.1) is 5.82 Å². The van der Waals surface area contributed by atoms with Crippen LogP contribution in [0.25, 0.3) is 5.69 Å². The molecule has 6 nitrogen and oxygen atoms in total. The maximum Gasteiger partial charge on any atom is 0.224 e. The van der Waals surface area contributed by atoms with Crippen LogP contribution in [0.15, 0.2) is 48.5 Å². The number of halogens is 2. The van der Waals surface area contributed by atoms with Crippen LogP contribution < -0.4 is 5.32 Å². The van der Waals surface area contributed by atoms with Crippen LogP contribution in [0.4, 0.5) is 4.39 Å². The topological polar surface area (TPSA) is 72.7 Å². The van der Waals surface area contributed by atoms with Crippen LogP contribution in [0.3, 0.4) is 0 Å². The third kappa shape index (κ3) is 3.94. The molecule has 0 fully saturated rings. The molecular weight excluding hydrogens is 333 g/mol. The average Bonchev–Trinajstić information content (AvgIpc) is 3.04. The van der Waals surface area contributed by atoms with Gasteiger partial charge in [0.25, 0.3) is 0 Å². The summed E-state index contributed by atoms with van der Waals surface area (Å²) >= 11 is 5.81. The van der Waals surface area contributed by atoms with E-state index in [9.17, 15) is 9.18 Å². The van der Waals surface area contributed by atoms with Crippen molar-refractivity contribution in [2.75, 3.05) is 0 Å². The molecule has 8 heteroatoms. The lowest BCUT2D eigenvalue weighted by Gasteiger charge is -2.06. The van der Waals surface area contributed by atoms with Crippen LogP contribution >= 0.6 is 11.6 Å². The maximum absolute atomic E-state index is 13.0. The van der Waals surface area contributed by atoms with Gasteiger partial charge >= 0.3 is 0 Å². The quantitative estimate of drug-likeness (QED) is 0.770. The predicted molar refractivity (Wildman–Crippen MR) is 86.1 cm³/mol. The van der Waals surface area contributed by atoms with Gasteiger partial charge in [-0.05, 0) is 52.4 Å². The first-order valence-corrected chi connectivity index (χ1v) is 7.54. The van der Waals surface area contributed by atoms with Gasteiger partial charge in [0.2, 0.25) is 5.91 Å².